The van der Waals surface area contributed by atoms with E-state index in [1.54, 1.807) is 0 Å². The molecule has 4 heteroatoms. The van der Waals surface area contributed by atoms with Crippen LogP contribution in [0.1, 0.15) is 37.7 Å². The van der Waals surface area contributed by atoms with Crippen LogP contribution in [0, 0.1) is 0 Å². The van der Waals surface area contributed by atoms with Crippen molar-refractivity contribution in [2.24, 2.45) is 0 Å². The third kappa shape index (κ3) is 4.33. The molecule has 3 rings (SSSR count). The summed E-state index contributed by atoms with van der Waals surface area (Å²) in [6, 6.07) is 10.4. The molecular weight excluding hydrogens is 288 g/mol. The van der Waals surface area contributed by atoms with Gasteiger partial charge in [0.15, 0.2) is 0 Å². The number of nitrogens with zero attached hydrogens (tertiary/aromatic N) is 1. The summed E-state index contributed by atoms with van der Waals surface area (Å²) in [5, 5.41) is 3.19. The molecule has 1 heterocycles. The Kier molecular flexibility index (Phi) is 5.68. The van der Waals surface area contributed by atoms with Gasteiger partial charge in [0.1, 0.15) is 0 Å². The summed E-state index contributed by atoms with van der Waals surface area (Å²) in [6.07, 6.45) is 6.20. The third-order valence-corrected chi connectivity index (χ3v) is 5.29. The van der Waals surface area contributed by atoms with Gasteiger partial charge < -0.3 is 10.1 Å². The average Bonchev–Trinajstić information content (AvgIpc) is 2.56. The number of ether oxygens (including phenoxy) is 1. The molecule has 1 aromatic carbocycles. The van der Waals surface area contributed by atoms with Crippen LogP contribution in [-0.4, -0.2) is 49.2 Å². The minimum Gasteiger partial charge on any atom is -0.379 e. The standard InChI is InChI=1S/C19H28N2O2/c22-18(9-4-8-17-6-2-1-3-7-17)20-16-19(10-5-11-19)21-12-14-23-15-13-21/h1-3,6-7H,4-5,8-16H2,(H,20,22). The first-order chi connectivity index (χ1) is 11.3. The summed E-state index contributed by atoms with van der Waals surface area (Å²) in [5.41, 5.74) is 1.52. The lowest BCUT2D eigenvalue weighted by Crippen LogP contribution is -2.62. The van der Waals surface area contributed by atoms with Crippen LogP contribution in [0.3, 0.4) is 0 Å². The SMILES string of the molecule is O=C(CCCc1ccccc1)NCC1(N2CCOCC2)CCC1. The van der Waals surface area contributed by atoms with Gasteiger partial charge in [0, 0.05) is 31.6 Å². The lowest BCUT2D eigenvalue weighted by molar-refractivity contribution is -0.123. The number of benzene rings is 1. The molecule has 0 aromatic heterocycles. The Morgan fingerprint density at radius 2 is 1.91 bits per heavy atom. The first-order valence-corrected chi connectivity index (χ1v) is 8.92. The molecule has 1 N–H and O–H groups in total. The Balaban J connectivity index is 1.39. The molecular formula is C19H28N2O2. The van der Waals surface area contributed by atoms with E-state index in [9.17, 15) is 4.79 Å². The monoisotopic (exact) mass is 316 g/mol. The van der Waals surface area contributed by atoms with Crippen molar-refractivity contribution in [2.45, 2.75) is 44.1 Å². The van der Waals surface area contributed by atoms with Crippen LogP contribution in [-0.2, 0) is 16.0 Å². The van der Waals surface area contributed by atoms with Crippen molar-refractivity contribution >= 4 is 5.91 Å². The number of carbonyl (C=O) groups excluding carboxylic acids is 1. The highest BCUT2D eigenvalue weighted by atomic mass is 16.5. The molecule has 0 bridgehead atoms. The number of amides is 1. The molecule has 1 aromatic rings. The van der Waals surface area contributed by atoms with E-state index in [1.807, 2.05) is 6.07 Å². The fourth-order valence-corrected chi connectivity index (χ4v) is 3.68. The Morgan fingerprint density at radius 1 is 1.17 bits per heavy atom. The van der Waals surface area contributed by atoms with Gasteiger partial charge in [-0.3, -0.25) is 9.69 Å². The van der Waals surface area contributed by atoms with Crippen LogP contribution in [0.25, 0.3) is 0 Å². The van der Waals surface area contributed by atoms with Gasteiger partial charge in [-0.2, -0.15) is 0 Å². The van der Waals surface area contributed by atoms with Crippen LogP contribution in [0.4, 0.5) is 0 Å². The van der Waals surface area contributed by atoms with Crippen molar-refractivity contribution in [1.29, 1.82) is 0 Å². The summed E-state index contributed by atoms with van der Waals surface area (Å²) >= 11 is 0. The minimum atomic E-state index is 0.195. The van der Waals surface area contributed by atoms with Gasteiger partial charge in [-0.15, -0.1) is 0 Å². The van der Waals surface area contributed by atoms with E-state index in [0.717, 1.165) is 45.7 Å². The van der Waals surface area contributed by atoms with Gasteiger partial charge in [-0.25, -0.2) is 0 Å². The third-order valence-electron chi connectivity index (χ3n) is 5.29. The van der Waals surface area contributed by atoms with Gasteiger partial charge in [0.2, 0.25) is 5.91 Å². The number of rotatable bonds is 7. The second kappa shape index (κ2) is 7.93. The van der Waals surface area contributed by atoms with E-state index < -0.39 is 0 Å². The molecule has 0 spiro atoms. The summed E-state index contributed by atoms with van der Waals surface area (Å²) < 4.78 is 5.46. The van der Waals surface area contributed by atoms with Gasteiger partial charge >= 0.3 is 0 Å². The number of hydrogen-bond acceptors (Lipinski definition) is 3. The molecule has 23 heavy (non-hydrogen) atoms. The van der Waals surface area contributed by atoms with Gasteiger partial charge in [0.25, 0.3) is 0 Å². The van der Waals surface area contributed by atoms with E-state index in [0.29, 0.717) is 6.42 Å². The van der Waals surface area contributed by atoms with Crippen molar-refractivity contribution in [3.63, 3.8) is 0 Å². The molecule has 0 unspecified atom stereocenters. The van der Waals surface area contributed by atoms with Crippen LogP contribution in [0.5, 0.6) is 0 Å². The number of morpholine rings is 1. The van der Waals surface area contributed by atoms with Gasteiger partial charge in [0.05, 0.1) is 13.2 Å². The van der Waals surface area contributed by atoms with E-state index >= 15 is 0 Å². The Bertz CT molecular complexity index is 493. The quantitative estimate of drug-likeness (QED) is 0.840. The second-order valence-corrected chi connectivity index (χ2v) is 6.79. The zero-order valence-electron chi connectivity index (χ0n) is 13.9. The van der Waals surface area contributed by atoms with Crippen LogP contribution >= 0.6 is 0 Å². The normalized spacial score (nSPS) is 20.7. The molecule has 1 aliphatic heterocycles. The predicted octanol–water partition coefficient (Wildman–Crippen LogP) is 2.38. The van der Waals surface area contributed by atoms with E-state index in [1.165, 1.54) is 24.8 Å². The van der Waals surface area contributed by atoms with Crippen LogP contribution < -0.4 is 5.32 Å². The highest BCUT2D eigenvalue weighted by molar-refractivity contribution is 5.76. The maximum absolute atomic E-state index is 12.1. The number of aryl methyl sites for hydroxylation is 1. The highest BCUT2D eigenvalue weighted by Crippen LogP contribution is 2.37. The maximum atomic E-state index is 12.1. The van der Waals surface area contributed by atoms with Crippen molar-refractivity contribution in [2.75, 3.05) is 32.8 Å². The summed E-state index contributed by atoms with van der Waals surface area (Å²) in [7, 11) is 0. The molecule has 1 saturated heterocycles. The van der Waals surface area contributed by atoms with Crippen molar-refractivity contribution in [3.8, 4) is 0 Å². The molecule has 126 valence electrons. The number of hydrogen-bond donors (Lipinski definition) is 1. The smallest absolute Gasteiger partial charge is 0.220 e. The first kappa shape index (κ1) is 16.5. The molecule has 1 aliphatic carbocycles. The lowest BCUT2D eigenvalue weighted by atomic mass is 9.75. The molecule has 1 saturated carbocycles. The average molecular weight is 316 g/mol. The summed E-state index contributed by atoms with van der Waals surface area (Å²) in [4.78, 5) is 14.7. The van der Waals surface area contributed by atoms with Crippen molar-refractivity contribution in [1.82, 2.24) is 10.2 Å². The van der Waals surface area contributed by atoms with Gasteiger partial charge in [-0.05, 0) is 37.7 Å². The lowest BCUT2D eigenvalue weighted by Gasteiger charge is -2.51. The summed E-state index contributed by atoms with van der Waals surface area (Å²) in [5.74, 6) is 0.195. The summed E-state index contributed by atoms with van der Waals surface area (Å²) in [6.45, 7) is 4.46. The topological polar surface area (TPSA) is 41.6 Å². The predicted molar refractivity (Wildman–Crippen MR) is 91.4 cm³/mol. The van der Waals surface area contributed by atoms with Crippen LogP contribution in [0.15, 0.2) is 30.3 Å². The maximum Gasteiger partial charge on any atom is 0.220 e. The first-order valence-electron chi connectivity index (χ1n) is 8.92. The largest absolute Gasteiger partial charge is 0.379 e. The van der Waals surface area contributed by atoms with Gasteiger partial charge in [-0.1, -0.05) is 30.3 Å². The van der Waals surface area contributed by atoms with Crippen molar-refractivity contribution in [3.05, 3.63) is 35.9 Å². The Labute approximate surface area is 139 Å². The molecule has 1 amide bonds. The van der Waals surface area contributed by atoms with Crippen molar-refractivity contribution < 1.29 is 9.53 Å². The Hall–Kier alpha value is -1.39. The zero-order chi connectivity index (χ0) is 16.0. The zero-order valence-corrected chi connectivity index (χ0v) is 13.9. The molecule has 4 nitrogen and oxygen atoms in total. The van der Waals surface area contributed by atoms with E-state index in [4.69, 9.17) is 4.74 Å². The van der Waals surface area contributed by atoms with E-state index in [-0.39, 0.29) is 11.4 Å². The molecule has 2 fully saturated rings. The van der Waals surface area contributed by atoms with Crippen LogP contribution in [0.2, 0.25) is 0 Å². The second-order valence-electron chi connectivity index (χ2n) is 6.79. The molecule has 0 radical (unpaired) electrons. The Morgan fingerprint density at radius 3 is 2.57 bits per heavy atom. The fraction of sp³-hybridized carbons (Fsp3) is 0.632. The minimum absolute atomic E-state index is 0.195. The highest BCUT2D eigenvalue weighted by Gasteiger charge is 2.42. The number of carbonyl (C=O) groups is 1. The molecule has 0 atom stereocenters. The molecule has 2 aliphatic rings. The fourth-order valence-electron chi connectivity index (χ4n) is 3.68. The van der Waals surface area contributed by atoms with E-state index in [2.05, 4.69) is 34.5 Å². The number of nitrogens with one attached hydrogen (secondary N) is 1.